The molecule has 17 heavy (non-hydrogen) atoms. The van der Waals surface area contributed by atoms with Crippen LogP contribution in [-0.2, 0) is 4.74 Å². The Balaban J connectivity index is 1.88. The smallest absolute Gasteiger partial charge is 0.0940 e. The van der Waals surface area contributed by atoms with E-state index in [4.69, 9.17) is 4.74 Å². The third kappa shape index (κ3) is 3.45. The lowest BCUT2D eigenvalue weighted by Crippen LogP contribution is -2.47. The van der Waals surface area contributed by atoms with Gasteiger partial charge in [-0.05, 0) is 57.3 Å². The Morgan fingerprint density at radius 3 is 2.41 bits per heavy atom. The minimum atomic E-state index is -0.240. The second-order valence-electron chi connectivity index (χ2n) is 6.22. The normalized spacial score (nSPS) is 35.8. The molecule has 1 N–H and O–H groups in total. The van der Waals surface area contributed by atoms with E-state index in [9.17, 15) is 5.11 Å². The van der Waals surface area contributed by atoms with Crippen LogP contribution in [0.4, 0.5) is 0 Å². The molecule has 2 aliphatic carbocycles. The predicted molar refractivity (Wildman–Crippen MR) is 70.0 cm³/mol. The van der Waals surface area contributed by atoms with E-state index in [0.717, 1.165) is 37.7 Å². The average Bonchev–Trinajstić information content (AvgIpc) is 3.13. The summed E-state index contributed by atoms with van der Waals surface area (Å²) in [7, 11) is 0. The van der Waals surface area contributed by atoms with Gasteiger partial charge in [0, 0.05) is 6.61 Å². The van der Waals surface area contributed by atoms with Crippen LogP contribution in [0, 0.1) is 11.8 Å². The van der Waals surface area contributed by atoms with Crippen LogP contribution in [0.25, 0.3) is 0 Å². The van der Waals surface area contributed by atoms with Crippen molar-refractivity contribution < 1.29 is 9.84 Å². The maximum Gasteiger partial charge on any atom is 0.0940 e. The van der Waals surface area contributed by atoms with Gasteiger partial charge in [-0.2, -0.15) is 0 Å². The molecular formula is C15H28O2. The van der Waals surface area contributed by atoms with Crippen LogP contribution in [0.15, 0.2) is 0 Å². The average molecular weight is 240 g/mol. The molecular weight excluding hydrogens is 212 g/mol. The highest BCUT2D eigenvalue weighted by Crippen LogP contribution is 2.41. The van der Waals surface area contributed by atoms with E-state index in [0.29, 0.717) is 0 Å². The van der Waals surface area contributed by atoms with Crippen molar-refractivity contribution in [3.63, 3.8) is 0 Å². The summed E-state index contributed by atoms with van der Waals surface area (Å²) in [5, 5.41) is 10.5. The Labute approximate surface area is 106 Å². The molecule has 1 unspecified atom stereocenters. The van der Waals surface area contributed by atoms with Crippen molar-refractivity contribution in [2.75, 3.05) is 6.61 Å². The van der Waals surface area contributed by atoms with Crippen molar-refractivity contribution in [3.05, 3.63) is 0 Å². The monoisotopic (exact) mass is 240 g/mol. The van der Waals surface area contributed by atoms with Crippen molar-refractivity contribution in [1.82, 2.24) is 0 Å². The van der Waals surface area contributed by atoms with Crippen LogP contribution >= 0.6 is 0 Å². The molecule has 2 fully saturated rings. The maximum atomic E-state index is 10.5. The zero-order valence-corrected chi connectivity index (χ0v) is 11.5. The summed E-state index contributed by atoms with van der Waals surface area (Å²) in [6.45, 7) is 5.09. The van der Waals surface area contributed by atoms with Crippen molar-refractivity contribution in [1.29, 1.82) is 0 Å². The molecule has 0 amide bonds. The van der Waals surface area contributed by atoms with Crippen molar-refractivity contribution in [3.8, 4) is 0 Å². The lowest BCUT2D eigenvalue weighted by atomic mass is 9.75. The summed E-state index contributed by atoms with van der Waals surface area (Å²) in [5.74, 6) is 1.71. The second kappa shape index (κ2) is 5.71. The van der Waals surface area contributed by atoms with E-state index in [2.05, 4.69) is 6.92 Å². The summed E-state index contributed by atoms with van der Waals surface area (Å²) >= 11 is 0. The van der Waals surface area contributed by atoms with Gasteiger partial charge in [0.15, 0.2) is 0 Å². The van der Waals surface area contributed by atoms with E-state index in [1.54, 1.807) is 0 Å². The zero-order valence-electron chi connectivity index (χ0n) is 11.5. The first kappa shape index (κ1) is 13.4. The third-order valence-corrected chi connectivity index (χ3v) is 4.70. The first-order valence-corrected chi connectivity index (χ1v) is 7.48. The van der Waals surface area contributed by atoms with Gasteiger partial charge in [-0.15, -0.1) is 0 Å². The van der Waals surface area contributed by atoms with E-state index in [-0.39, 0.29) is 11.7 Å². The van der Waals surface area contributed by atoms with Crippen molar-refractivity contribution in [2.24, 2.45) is 11.8 Å². The van der Waals surface area contributed by atoms with Gasteiger partial charge >= 0.3 is 0 Å². The molecule has 2 heteroatoms. The molecule has 0 aromatic rings. The fraction of sp³-hybridized carbons (Fsp3) is 1.00. The topological polar surface area (TPSA) is 29.5 Å². The molecule has 0 saturated heterocycles. The minimum absolute atomic E-state index is 0.212. The Morgan fingerprint density at radius 1 is 1.24 bits per heavy atom. The third-order valence-electron chi connectivity index (χ3n) is 4.70. The van der Waals surface area contributed by atoms with Crippen LogP contribution in [0.5, 0.6) is 0 Å². The van der Waals surface area contributed by atoms with Gasteiger partial charge in [0.05, 0.1) is 11.7 Å². The number of hydrogen-bond acceptors (Lipinski definition) is 2. The molecule has 2 aliphatic rings. The van der Waals surface area contributed by atoms with Crippen LogP contribution in [-0.4, -0.2) is 23.4 Å². The van der Waals surface area contributed by atoms with Crippen LogP contribution in [0.2, 0.25) is 0 Å². The van der Waals surface area contributed by atoms with E-state index < -0.39 is 0 Å². The summed E-state index contributed by atoms with van der Waals surface area (Å²) in [6.07, 6.45) is 9.18. The molecule has 0 aromatic heterocycles. The molecule has 1 atom stereocenters. The van der Waals surface area contributed by atoms with Gasteiger partial charge in [0.25, 0.3) is 0 Å². The molecule has 2 rings (SSSR count). The fourth-order valence-corrected chi connectivity index (χ4v) is 3.18. The molecule has 100 valence electrons. The Bertz CT molecular complexity index is 227. The molecule has 0 heterocycles. The summed E-state index contributed by atoms with van der Waals surface area (Å²) in [4.78, 5) is 0. The number of aliphatic hydroxyl groups is 1. The lowest BCUT2D eigenvalue weighted by Gasteiger charge is -2.42. The first-order chi connectivity index (χ1) is 8.16. The van der Waals surface area contributed by atoms with E-state index >= 15 is 0 Å². The Hall–Kier alpha value is -0.0800. The highest BCUT2D eigenvalue weighted by atomic mass is 16.5. The molecule has 0 bridgehead atoms. The molecule has 0 spiro atoms. The number of rotatable bonds is 6. The first-order valence-electron chi connectivity index (χ1n) is 7.48. The fourth-order valence-electron chi connectivity index (χ4n) is 3.18. The minimum Gasteiger partial charge on any atom is -0.390 e. The van der Waals surface area contributed by atoms with Crippen molar-refractivity contribution >= 4 is 0 Å². The highest BCUT2D eigenvalue weighted by molar-refractivity contribution is 4.93. The van der Waals surface area contributed by atoms with Gasteiger partial charge in [-0.3, -0.25) is 0 Å². The molecule has 0 aromatic carbocycles. The Kier molecular flexibility index (Phi) is 4.48. The molecule has 0 radical (unpaired) electrons. The maximum absolute atomic E-state index is 10.5. The second-order valence-corrected chi connectivity index (χ2v) is 6.22. The van der Waals surface area contributed by atoms with Gasteiger partial charge in [-0.1, -0.05) is 19.8 Å². The van der Waals surface area contributed by atoms with Gasteiger partial charge in [0.1, 0.15) is 0 Å². The molecule has 2 nitrogen and oxygen atoms in total. The standard InChI is InChI=1S/C15H28O2/c1-3-17-15(10-8-12(2)9-11-15)14(16)7-6-13-4-5-13/h12-14,16H,3-11H2,1-2H3. The molecule has 2 saturated carbocycles. The lowest BCUT2D eigenvalue weighted by molar-refractivity contribution is -0.146. The number of hydrogen-bond donors (Lipinski definition) is 1. The predicted octanol–water partition coefficient (Wildman–Crippen LogP) is 3.52. The zero-order chi connectivity index (χ0) is 12.3. The van der Waals surface area contributed by atoms with Crippen LogP contribution in [0.1, 0.15) is 65.2 Å². The quantitative estimate of drug-likeness (QED) is 0.769. The van der Waals surface area contributed by atoms with Crippen LogP contribution < -0.4 is 0 Å². The van der Waals surface area contributed by atoms with Crippen molar-refractivity contribution in [2.45, 2.75) is 76.9 Å². The highest BCUT2D eigenvalue weighted by Gasteiger charge is 2.41. The summed E-state index contributed by atoms with van der Waals surface area (Å²) < 4.78 is 5.98. The van der Waals surface area contributed by atoms with E-state index in [1.165, 1.54) is 32.1 Å². The Morgan fingerprint density at radius 2 is 1.88 bits per heavy atom. The van der Waals surface area contributed by atoms with Gasteiger partial charge < -0.3 is 9.84 Å². The summed E-state index contributed by atoms with van der Waals surface area (Å²) in [6, 6.07) is 0. The summed E-state index contributed by atoms with van der Waals surface area (Å²) in [5.41, 5.74) is -0.212. The SMILES string of the molecule is CCOC1(C(O)CCC2CC2)CCC(C)CC1. The number of aliphatic hydroxyl groups excluding tert-OH is 1. The van der Waals surface area contributed by atoms with E-state index in [1.807, 2.05) is 6.92 Å². The largest absolute Gasteiger partial charge is 0.390 e. The van der Waals surface area contributed by atoms with Gasteiger partial charge in [-0.25, -0.2) is 0 Å². The van der Waals surface area contributed by atoms with Gasteiger partial charge in [0.2, 0.25) is 0 Å². The molecule has 0 aliphatic heterocycles. The number of ether oxygens (including phenoxy) is 1. The van der Waals surface area contributed by atoms with Crippen LogP contribution in [0.3, 0.4) is 0 Å².